The van der Waals surface area contributed by atoms with E-state index in [2.05, 4.69) is 11.8 Å². The monoisotopic (exact) mass is 198 g/mol. The van der Waals surface area contributed by atoms with Gasteiger partial charge in [-0.15, -0.1) is 0 Å². The van der Waals surface area contributed by atoms with Crippen LogP contribution in [0.4, 0.5) is 0 Å². The highest BCUT2D eigenvalue weighted by Crippen LogP contribution is 1.95. The Morgan fingerprint density at radius 1 is 1.36 bits per heavy atom. The predicted molar refractivity (Wildman–Crippen MR) is 55.7 cm³/mol. The Bertz CT molecular complexity index is 216. The molecule has 0 aromatic carbocycles. The van der Waals surface area contributed by atoms with Crippen LogP contribution in [-0.2, 0) is 9.47 Å². The first-order chi connectivity index (χ1) is 6.74. The Morgan fingerprint density at radius 3 is 2.36 bits per heavy atom. The lowest BCUT2D eigenvalue weighted by Crippen LogP contribution is -2.14. The summed E-state index contributed by atoms with van der Waals surface area (Å²) >= 11 is 0. The van der Waals surface area contributed by atoms with Crippen molar-refractivity contribution in [2.75, 3.05) is 19.8 Å². The first-order valence-corrected chi connectivity index (χ1v) is 4.76. The van der Waals surface area contributed by atoms with Crippen molar-refractivity contribution in [2.24, 2.45) is 0 Å². The van der Waals surface area contributed by atoms with Crippen LogP contribution in [0.2, 0.25) is 0 Å². The van der Waals surface area contributed by atoms with E-state index in [4.69, 9.17) is 14.6 Å². The molecule has 0 amide bonds. The van der Waals surface area contributed by atoms with Gasteiger partial charge >= 0.3 is 0 Å². The molecule has 0 aromatic heterocycles. The van der Waals surface area contributed by atoms with E-state index in [-0.39, 0.29) is 6.61 Å². The summed E-state index contributed by atoms with van der Waals surface area (Å²) in [5, 5.41) is 8.60. The molecule has 0 heterocycles. The fourth-order valence-corrected chi connectivity index (χ4v) is 0.795. The maximum absolute atomic E-state index is 8.60. The van der Waals surface area contributed by atoms with Gasteiger partial charge in [-0.1, -0.05) is 5.92 Å². The highest BCUT2D eigenvalue weighted by atomic mass is 16.7. The van der Waals surface area contributed by atoms with E-state index < -0.39 is 6.29 Å². The molecule has 14 heavy (non-hydrogen) atoms. The molecule has 3 nitrogen and oxygen atoms in total. The fourth-order valence-electron chi connectivity index (χ4n) is 0.795. The van der Waals surface area contributed by atoms with Crippen LogP contribution in [0.15, 0.2) is 11.6 Å². The number of hydrogen-bond donors (Lipinski definition) is 1. The summed E-state index contributed by atoms with van der Waals surface area (Å²) in [5.74, 6) is 5.69. The Labute approximate surface area is 85.7 Å². The van der Waals surface area contributed by atoms with Gasteiger partial charge < -0.3 is 14.6 Å². The third kappa shape index (κ3) is 6.67. The molecule has 0 aliphatic carbocycles. The molecule has 1 N–H and O–H groups in total. The zero-order valence-electron chi connectivity index (χ0n) is 9.04. The van der Waals surface area contributed by atoms with Gasteiger partial charge in [0.05, 0.1) is 6.61 Å². The summed E-state index contributed by atoms with van der Waals surface area (Å²) in [5.41, 5.74) is 0.817. The fraction of sp³-hybridized carbons (Fsp3) is 0.636. The van der Waals surface area contributed by atoms with Gasteiger partial charge in [-0.05, 0) is 38.3 Å². The van der Waals surface area contributed by atoms with E-state index in [0.29, 0.717) is 13.2 Å². The molecule has 0 spiro atoms. The molecule has 0 saturated heterocycles. The molecule has 0 radical (unpaired) electrons. The Balaban J connectivity index is 4.17. The van der Waals surface area contributed by atoms with Gasteiger partial charge in [-0.25, -0.2) is 0 Å². The lowest BCUT2D eigenvalue weighted by Gasteiger charge is -2.09. The average molecular weight is 198 g/mol. The molecule has 0 fully saturated rings. The van der Waals surface area contributed by atoms with Gasteiger partial charge in [0.15, 0.2) is 0 Å². The number of rotatable bonds is 5. The summed E-state index contributed by atoms with van der Waals surface area (Å²) < 4.78 is 10.5. The number of allylic oxidation sites excluding steroid dienone is 1. The third-order valence-corrected chi connectivity index (χ3v) is 1.42. The lowest BCUT2D eigenvalue weighted by atomic mass is 10.3. The normalized spacial score (nSPS) is 11.4. The third-order valence-electron chi connectivity index (χ3n) is 1.42. The van der Waals surface area contributed by atoms with Gasteiger partial charge in [0.2, 0.25) is 6.29 Å². The summed E-state index contributed by atoms with van der Waals surface area (Å²) in [6.45, 7) is 6.77. The molecule has 0 unspecified atom stereocenters. The molecule has 80 valence electrons. The van der Waals surface area contributed by atoms with Crippen LogP contribution in [0.1, 0.15) is 20.8 Å². The van der Waals surface area contributed by atoms with Crippen molar-refractivity contribution < 1.29 is 14.6 Å². The Hall–Kier alpha value is -0.820. The van der Waals surface area contributed by atoms with Crippen LogP contribution in [-0.4, -0.2) is 31.2 Å². The number of aliphatic hydroxyl groups is 1. The minimum Gasteiger partial charge on any atom is -0.392 e. The molecule has 3 heteroatoms. The topological polar surface area (TPSA) is 38.7 Å². The molecular weight excluding hydrogens is 180 g/mol. The van der Waals surface area contributed by atoms with Gasteiger partial charge in [0.25, 0.3) is 0 Å². The molecular formula is C11H18O3. The van der Waals surface area contributed by atoms with Crippen molar-refractivity contribution >= 4 is 0 Å². The molecule has 0 rings (SSSR count). The van der Waals surface area contributed by atoms with Gasteiger partial charge in [-0.3, -0.25) is 0 Å². The first-order valence-electron chi connectivity index (χ1n) is 4.76. The van der Waals surface area contributed by atoms with Crippen LogP contribution in [0, 0.1) is 11.8 Å². The summed E-state index contributed by atoms with van der Waals surface area (Å²) in [7, 11) is 0. The second-order valence-electron chi connectivity index (χ2n) is 2.58. The standard InChI is InChI=1S/C11H18O3/c1-4-13-11(14-5-2)7-6-10(3)8-9-12/h8,11-12H,4-5,9H2,1-3H3. The summed E-state index contributed by atoms with van der Waals surface area (Å²) in [6, 6.07) is 0. The SMILES string of the molecule is CCOC(C#CC(C)=CCO)OCC. The molecule has 0 atom stereocenters. The number of hydrogen-bond acceptors (Lipinski definition) is 3. The smallest absolute Gasteiger partial charge is 0.222 e. The van der Waals surface area contributed by atoms with Crippen LogP contribution in [0.5, 0.6) is 0 Å². The van der Waals surface area contributed by atoms with Crippen LogP contribution < -0.4 is 0 Å². The highest BCUT2D eigenvalue weighted by Gasteiger charge is 2.00. The van der Waals surface area contributed by atoms with E-state index in [0.717, 1.165) is 5.57 Å². The van der Waals surface area contributed by atoms with E-state index in [1.165, 1.54) is 0 Å². The second kappa shape index (κ2) is 8.76. The Morgan fingerprint density at radius 2 is 1.93 bits per heavy atom. The van der Waals surface area contributed by atoms with Gasteiger partial charge in [0.1, 0.15) is 0 Å². The maximum Gasteiger partial charge on any atom is 0.222 e. The zero-order chi connectivity index (χ0) is 10.8. The quantitative estimate of drug-likeness (QED) is 0.535. The van der Waals surface area contributed by atoms with E-state index in [9.17, 15) is 0 Å². The number of ether oxygens (including phenoxy) is 2. The van der Waals surface area contributed by atoms with Crippen LogP contribution in [0.25, 0.3) is 0 Å². The zero-order valence-corrected chi connectivity index (χ0v) is 9.04. The number of aliphatic hydroxyl groups excluding tert-OH is 1. The van der Waals surface area contributed by atoms with Crippen molar-refractivity contribution in [1.29, 1.82) is 0 Å². The van der Waals surface area contributed by atoms with Crippen LogP contribution >= 0.6 is 0 Å². The molecule has 0 aliphatic heterocycles. The second-order valence-corrected chi connectivity index (χ2v) is 2.58. The molecule has 0 aromatic rings. The average Bonchev–Trinajstić information content (AvgIpc) is 2.15. The maximum atomic E-state index is 8.60. The van der Waals surface area contributed by atoms with E-state index >= 15 is 0 Å². The highest BCUT2D eigenvalue weighted by molar-refractivity contribution is 5.27. The molecule has 0 saturated carbocycles. The largest absolute Gasteiger partial charge is 0.392 e. The minimum absolute atomic E-state index is 0.00838. The molecule has 0 bridgehead atoms. The van der Waals surface area contributed by atoms with Crippen molar-refractivity contribution in [3.05, 3.63) is 11.6 Å². The first kappa shape index (κ1) is 13.2. The van der Waals surface area contributed by atoms with E-state index in [1.54, 1.807) is 6.08 Å². The van der Waals surface area contributed by atoms with E-state index in [1.807, 2.05) is 20.8 Å². The van der Waals surface area contributed by atoms with Crippen molar-refractivity contribution in [3.8, 4) is 11.8 Å². The van der Waals surface area contributed by atoms with Gasteiger partial charge in [0, 0.05) is 13.2 Å². The van der Waals surface area contributed by atoms with Crippen molar-refractivity contribution in [3.63, 3.8) is 0 Å². The predicted octanol–water partition coefficient (Wildman–Crippen LogP) is 1.33. The molecule has 0 aliphatic rings. The summed E-state index contributed by atoms with van der Waals surface area (Å²) in [6.07, 6.45) is 1.18. The summed E-state index contributed by atoms with van der Waals surface area (Å²) in [4.78, 5) is 0. The van der Waals surface area contributed by atoms with Gasteiger partial charge in [-0.2, -0.15) is 0 Å². The van der Waals surface area contributed by atoms with Crippen molar-refractivity contribution in [2.45, 2.75) is 27.1 Å². The van der Waals surface area contributed by atoms with Crippen molar-refractivity contribution in [1.82, 2.24) is 0 Å². The Kier molecular flexibility index (Phi) is 8.25. The van der Waals surface area contributed by atoms with Crippen LogP contribution in [0.3, 0.4) is 0 Å². The minimum atomic E-state index is -0.466. The lowest BCUT2D eigenvalue weighted by molar-refractivity contribution is -0.0970.